The number of piperazine rings is 1. The molecule has 4 aromatic heterocycles. The van der Waals surface area contributed by atoms with Crippen LogP contribution in [-0.4, -0.2) is 66.3 Å². The van der Waals surface area contributed by atoms with E-state index in [1.807, 2.05) is 31.8 Å². The van der Waals surface area contributed by atoms with Crippen LogP contribution in [0.2, 0.25) is 0 Å². The van der Waals surface area contributed by atoms with Crippen LogP contribution in [0.15, 0.2) is 67.6 Å². The molecular formula is C25H22FN9O. The van der Waals surface area contributed by atoms with E-state index in [2.05, 4.69) is 34.9 Å². The molecule has 0 atom stereocenters. The number of carbonyl (C=O) groups is 1. The van der Waals surface area contributed by atoms with Gasteiger partial charge in [-0.3, -0.25) is 9.48 Å². The van der Waals surface area contributed by atoms with Crippen LogP contribution >= 0.6 is 0 Å². The van der Waals surface area contributed by atoms with E-state index in [0.717, 1.165) is 48.6 Å². The molecule has 0 spiro atoms. The summed E-state index contributed by atoms with van der Waals surface area (Å²) in [5, 5.41) is 8.74. The van der Waals surface area contributed by atoms with Crippen LogP contribution in [-0.2, 0) is 7.05 Å². The van der Waals surface area contributed by atoms with E-state index in [-0.39, 0.29) is 11.6 Å². The van der Waals surface area contributed by atoms with Crippen molar-refractivity contribution < 1.29 is 9.18 Å². The van der Waals surface area contributed by atoms with Gasteiger partial charge in [-0.1, -0.05) is 0 Å². The van der Waals surface area contributed by atoms with Crippen LogP contribution in [0.5, 0.6) is 0 Å². The molecule has 180 valence electrons. The fourth-order valence-corrected chi connectivity index (χ4v) is 4.32. The lowest BCUT2D eigenvalue weighted by Crippen LogP contribution is -2.47. The highest BCUT2D eigenvalue weighted by atomic mass is 19.1. The topological polar surface area (TPSA) is 97.3 Å². The van der Waals surface area contributed by atoms with Gasteiger partial charge < -0.3 is 9.80 Å². The monoisotopic (exact) mass is 483 g/mol. The molecule has 11 heteroatoms. The Labute approximate surface area is 205 Å². The fourth-order valence-electron chi connectivity index (χ4n) is 4.32. The number of halogens is 1. The summed E-state index contributed by atoms with van der Waals surface area (Å²) in [5.74, 6) is -0.0466. The number of hydrogen-bond acceptors (Lipinski definition) is 8. The number of aryl methyl sites for hydroxylation is 1. The van der Waals surface area contributed by atoms with Crippen molar-refractivity contribution in [3.05, 3.63) is 84.6 Å². The van der Waals surface area contributed by atoms with Crippen molar-refractivity contribution in [1.82, 2.24) is 34.3 Å². The number of anilines is 2. The summed E-state index contributed by atoms with van der Waals surface area (Å²) in [6, 6.07) is 5.45. The third kappa shape index (κ3) is 4.04. The quantitative estimate of drug-likeness (QED) is 0.352. The smallest absolute Gasteiger partial charge is 0.225 e. The summed E-state index contributed by atoms with van der Waals surface area (Å²) in [5.41, 5.74) is 4.49. The molecule has 0 amide bonds. The Bertz CT molecular complexity index is 1530. The summed E-state index contributed by atoms with van der Waals surface area (Å²) < 4.78 is 16.7. The van der Waals surface area contributed by atoms with E-state index in [1.54, 1.807) is 15.4 Å². The largest absolute Gasteiger partial charge is 0.364 e. The molecule has 0 N–H and O–H groups in total. The molecule has 1 aliphatic rings. The molecule has 1 fully saturated rings. The zero-order chi connectivity index (χ0) is 24.6. The fraction of sp³-hybridized carbons (Fsp3) is 0.200. The number of ketones is 1. The molecule has 5 heterocycles. The van der Waals surface area contributed by atoms with Crippen LogP contribution in [0.1, 0.15) is 15.9 Å². The van der Waals surface area contributed by atoms with Gasteiger partial charge in [-0.2, -0.15) is 10.2 Å². The Morgan fingerprint density at radius 3 is 2.17 bits per heavy atom. The van der Waals surface area contributed by atoms with Crippen molar-refractivity contribution in [2.24, 2.45) is 7.05 Å². The van der Waals surface area contributed by atoms with Crippen LogP contribution < -0.4 is 9.80 Å². The Balaban J connectivity index is 1.13. The molecular weight excluding hydrogens is 461 g/mol. The second-order valence-electron chi connectivity index (χ2n) is 8.63. The Kier molecular flexibility index (Phi) is 5.36. The van der Waals surface area contributed by atoms with Gasteiger partial charge in [-0.05, 0) is 24.3 Å². The highest BCUT2D eigenvalue weighted by Crippen LogP contribution is 2.25. The molecule has 1 aliphatic heterocycles. The van der Waals surface area contributed by atoms with Crippen molar-refractivity contribution in [3.63, 3.8) is 0 Å². The van der Waals surface area contributed by atoms with E-state index in [4.69, 9.17) is 0 Å². The Morgan fingerprint density at radius 2 is 1.47 bits per heavy atom. The molecule has 36 heavy (non-hydrogen) atoms. The van der Waals surface area contributed by atoms with Crippen molar-refractivity contribution in [1.29, 1.82) is 0 Å². The second kappa shape index (κ2) is 8.84. The second-order valence-corrected chi connectivity index (χ2v) is 8.63. The third-order valence-corrected chi connectivity index (χ3v) is 6.29. The average molecular weight is 484 g/mol. The SMILES string of the molecule is Cn1cc(-c2cnc3c(N4CCN(c5ncc(C(=O)c6ccc(F)cc6)cn5)CC4)cnn3c2)cn1. The summed E-state index contributed by atoms with van der Waals surface area (Å²) in [7, 11) is 1.88. The van der Waals surface area contributed by atoms with Crippen LogP contribution in [0.25, 0.3) is 16.8 Å². The number of carbonyl (C=O) groups excluding carboxylic acids is 1. The minimum Gasteiger partial charge on any atom is -0.364 e. The molecule has 10 nitrogen and oxygen atoms in total. The molecule has 1 saturated heterocycles. The zero-order valence-electron chi connectivity index (χ0n) is 19.5. The maximum atomic E-state index is 13.1. The summed E-state index contributed by atoms with van der Waals surface area (Å²) >= 11 is 0. The molecule has 0 unspecified atom stereocenters. The summed E-state index contributed by atoms with van der Waals surface area (Å²) in [4.78, 5) is 30.4. The van der Waals surface area contributed by atoms with Crippen LogP contribution in [0.3, 0.4) is 0 Å². The average Bonchev–Trinajstić information content (AvgIpc) is 3.55. The zero-order valence-corrected chi connectivity index (χ0v) is 19.5. The highest BCUT2D eigenvalue weighted by molar-refractivity contribution is 6.08. The predicted octanol–water partition coefficient (Wildman–Crippen LogP) is 2.62. The van der Waals surface area contributed by atoms with E-state index in [9.17, 15) is 9.18 Å². The Hall–Kier alpha value is -4.67. The Morgan fingerprint density at radius 1 is 0.778 bits per heavy atom. The van der Waals surface area contributed by atoms with Crippen molar-refractivity contribution >= 4 is 23.1 Å². The molecule has 0 saturated carbocycles. The number of nitrogens with zero attached hydrogens (tertiary/aromatic N) is 9. The van der Waals surface area contributed by atoms with Crippen LogP contribution in [0, 0.1) is 5.82 Å². The molecule has 0 radical (unpaired) electrons. The maximum Gasteiger partial charge on any atom is 0.225 e. The van der Waals surface area contributed by atoms with Gasteiger partial charge in [0.05, 0.1) is 18.0 Å². The molecule has 0 bridgehead atoms. The normalized spacial score (nSPS) is 13.9. The molecule has 0 aliphatic carbocycles. The van der Waals surface area contributed by atoms with Crippen molar-refractivity contribution in [2.45, 2.75) is 0 Å². The summed E-state index contributed by atoms with van der Waals surface area (Å²) in [6.45, 7) is 2.95. The lowest BCUT2D eigenvalue weighted by atomic mass is 10.1. The van der Waals surface area contributed by atoms with Gasteiger partial charge in [-0.15, -0.1) is 0 Å². The lowest BCUT2D eigenvalue weighted by molar-refractivity contribution is 0.103. The van der Waals surface area contributed by atoms with Crippen LogP contribution in [0.4, 0.5) is 16.0 Å². The van der Waals surface area contributed by atoms with E-state index in [0.29, 0.717) is 17.1 Å². The number of fused-ring (bicyclic) bond motifs is 1. The first-order chi connectivity index (χ1) is 17.5. The molecule has 6 rings (SSSR count). The summed E-state index contributed by atoms with van der Waals surface area (Å²) in [6.07, 6.45) is 12.4. The first-order valence-corrected chi connectivity index (χ1v) is 11.5. The third-order valence-electron chi connectivity index (χ3n) is 6.29. The molecule has 5 aromatic rings. The minimum absolute atomic E-state index is 0.237. The number of rotatable bonds is 5. The molecule has 1 aromatic carbocycles. The predicted molar refractivity (Wildman–Crippen MR) is 131 cm³/mol. The number of benzene rings is 1. The first-order valence-electron chi connectivity index (χ1n) is 11.5. The number of hydrogen-bond donors (Lipinski definition) is 0. The first kappa shape index (κ1) is 21.8. The minimum atomic E-state index is -0.383. The van der Waals surface area contributed by atoms with Gasteiger partial charge in [0, 0.05) is 80.9 Å². The van der Waals surface area contributed by atoms with E-state index < -0.39 is 0 Å². The lowest BCUT2D eigenvalue weighted by Gasteiger charge is -2.35. The maximum absolute atomic E-state index is 13.1. The van der Waals surface area contributed by atoms with Crippen molar-refractivity contribution in [2.75, 3.05) is 36.0 Å². The van der Waals surface area contributed by atoms with E-state index >= 15 is 0 Å². The number of aromatic nitrogens is 7. The highest BCUT2D eigenvalue weighted by Gasteiger charge is 2.23. The van der Waals surface area contributed by atoms with Gasteiger partial charge in [0.15, 0.2) is 11.4 Å². The van der Waals surface area contributed by atoms with Gasteiger partial charge in [0.25, 0.3) is 0 Å². The van der Waals surface area contributed by atoms with Gasteiger partial charge in [0.1, 0.15) is 11.5 Å². The van der Waals surface area contributed by atoms with Crippen molar-refractivity contribution in [3.8, 4) is 11.1 Å². The standard InChI is InChI=1S/C25H22FN9O/c1-32-15-20(13-30-32)19-12-27-24-22(14-31-35(24)16-19)33-6-8-34(9-7-33)25-28-10-18(11-29-25)23(36)17-2-4-21(26)5-3-17/h2-5,10-16H,6-9H2,1H3. The van der Waals surface area contributed by atoms with Gasteiger partial charge in [0.2, 0.25) is 5.95 Å². The van der Waals surface area contributed by atoms with Gasteiger partial charge in [-0.25, -0.2) is 23.9 Å². The van der Waals surface area contributed by atoms with Gasteiger partial charge >= 0.3 is 0 Å². The van der Waals surface area contributed by atoms with E-state index in [1.165, 1.54) is 36.7 Å².